The molecule has 3 aromatic rings. The van der Waals surface area contributed by atoms with Gasteiger partial charge in [-0.1, -0.05) is 18.2 Å². The van der Waals surface area contributed by atoms with E-state index in [2.05, 4.69) is 26.2 Å². The lowest BCUT2D eigenvalue weighted by Gasteiger charge is -2.10. The first-order chi connectivity index (χ1) is 10.2. The average Bonchev–Trinajstić information content (AvgIpc) is 2.49. The molecule has 0 atom stereocenters. The topological polar surface area (TPSA) is 46.9 Å². The number of hydrogen-bond acceptors (Lipinski definition) is 3. The third kappa shape index (κ3) is 3.13. The zero-order valence-corrected chi connectivity index (χ0v) is 12.9. The van der Waals surface area contributed by atoms with Crippen molar-refractivity contribution in [1.82, 2.24) is 9.55 Å². The highest BCUT2D eigenvalue weighted by Gasteiger charge is 2.02. The van der Waals surface area contributed by atoms with Gasteiger partial charge in [0.2, 0.25) is 0 Å². The lowest BCUT2D eigenvalue weighted by Crippen LogP contribution is -2.22. The van der Waals surface area contributed by atoms with Crippen molar-refractivity contribution in [3.63, 3.8) is 0 Å². The van der Waals surface area contributed by atoms with Crippen LogP contribution >= 0.6 is 15.9 Å². The molecule has 0 saturated heterocycles. The average molecular weight is 344 g/mol. The maximum atomic E-state index is 11.6. The fourth-order valence-corrected chi connectivity index (χ4v) is 2.58. The number of pyridine rings is 2. The quantitative estimate of drug-likeness (QED) is 0.790. The molecule has 3 rings (SSSR count). The highest BCUT2D eigenvalue weighted by atomic mass is 79.9. The lowest BCUT2D eigenvalue weighted by atomic mass is 10.2. The smallest absolute Gasteiger partial charge is 0.250 e. The molecule has 5 heteroatoms. The van der Waals surface area contributed by atoms with Crippen LogP contribution in [-0.4, -0.2) is 16.1 Å². The van der Waals surface area contributed by atoms with Gasteiger partial charge in [-0.3, -0.25) is 9.78 Å². The number of fused-ring (bicyclic) bond motifs is 1. The first kappa shape index (κ1) is 13.8. The summed E-state index contributed by atoms with van der Waals surface area (Å²) in [7, 11) is 0. The molecule has 2 heterocycles. The van der Waals surface area contributed by atoms with Crippen LogP contribution in [0.15, 0.2) is 64.1 Å². The van der Waals surface area contributed by atoms with Gasteiger partial charge in [0.25, 0.3) is 5.56 Å². The van der Waals surface area contributed by atoms with Gasteiger partial charge in [-0.2, -0.15) is 0 Å². The summed E-state index contributed by atoms with van der Waals surface area (Å²) in [4.78, 5) is 16.1. The standard InChI is InChI=1S/C16H14BrN3O/c17-13-10-12-4-3-5-14(16(12)19-11-13)18-7-9-20-8-2-1-6-15(20)21/h1-6,8,10-11,18H,7,9H2. The molecule has 0 bridgehead atoms. The van der Waals surface area contributed by atoms with Gasteiger partial charge in [0.15, 0.2) is 0 Å². The fourth-order valence-electron chi connectivity index (χ4n) is 2.23. The number of halogens is 1. The Kier molecular flexibility index (Phi) is 4.01. The molecule has 0 aliphatic rings. The maximum Gasteiger partial charge on any atom is 0.250 e. The Morgan fingerprint density at radius 1 is 1.19 bits per heavy atom. The van der Waals surface area contributed by atoms with Crippen LogP contribution in [0, 0.1) is 0 Å². The van der Waals surface area contributed by atoms with Gasteiger partial charge in [0.1, 0.15) is 0 Å². The second-order valence-corrected chi connectivity index (χ2v) is 5.61. The van der Waals surface area contributed by atoms with Gasteiger partial charge >= 0.3 is 0 Å². The minimum atomic E-state index is 0.0132. The van der Waals surface area contributed by atoms with Crippen LogP contribution in [0.3, 0.4) is 0 Å². The molecule has 0 saturated carbocycles. The third-order valence-electron chi connectivity index (χ3n) is 3.24. The SMILES string of the molecule is O=c1ccccn1CCNc1cccc2cc(Br)cnc12. The van der Waals surface area contributed by atoms with Crippen molar-refractivity contribution in [1.29, 1.82) is 0 Å². The largest absolute Gasteiger partial charge is 0.381 e. The number of aromatic nitrogens is 2. The molecule has 1 aromatic carbocycles. The first-order valence-corrected chi connectivity index (χ1v) is 7.47. The van der Waals surface area contributed by atoms with E-state index in [-0.39, 0.29) is 5.56 Å². The summed E-state index contributed by atoms with van der Waals surface area (Å²) in [5.41, 5.74) is 1.92. The summed E-state index contributed by atoms with van der Waals surface area (Å²) in [6.07, 6.45) is 3.58. The number of para-hydroxylation sites is 1. The van der Waals surface area contributed by atoms with Gasteiger partial charge in [-0.15, -0.1) is 0 Å². The van der Waals surface area contributed by atoms with Crippen LogP contribution in [0.2, 0.25) is 0 Å². The summed E-state index contributed by atoms with van der Waals surface area (Å²) in [6.45, 7) is 1.29. The van der Waals surface area contributed by atoms with Crippen molar-refractivity contribution >= 4 is 32.5 Å². The van der Waals surface area contributed by atoms with Gasteiger partial charge < -0.3 is 9.88 Å². The first-order valence-electron chi connectivity index (χ1n) is 6.68. The van der Waals surface area contributed by atoms with Crippen molar-refractivity contribution < 1.29 is 0 Å². The molecular formula is C16H14BrN3O. The molecule has 106 valence electrons. The molecule has 21 heavy (non-hydrogen) atoms. The molecule has 0 radical (unpaired) electrons. The van der Waals surface area contributed by atoms with Gasteiger partial charge in [0.05, 0.1) is 11.2 Å². The summed E-state index contributed by atoms with van der Waals surface area (Å²) in [5.74, 6) is 0. The molecule has 0 aliphatic heterocycles. The van der Waals surface area contributed by atoms with Crippen LogP contribution in [0.25, 0.3) is 10.9 Å². The monoisotopic (exact) mass is 343 g/mol. The summed E-state index contributed by atoms with van der Waals surface area (Å²) >= 11 is 3.43. The number of rotatable bonds is 4. The molecule has 0 amide bonds. The zero-order chi connectivity index (χ0) is 14.7. The molecular weight excluding hydrogens is 330 g/mol. The van der Waals surface area contributed by atoms with E-state index in [1.165, 1.54) is 0 Å². The summed E-state index contributed by atoms with van der Waals surface area (Å²) in [5, 5.41) is 4.42. The van der Waals surface area contributed by atoms with Crippen LogP contribution in [-0.2, 0) is 6.54 Å². The Balaban J connectivity index is 1.77. The van der Waals surface area contributed by atoms with E-state index in [1.807, 2.05) is 30.3 Å². The van der Waals surface area contributed by atoms with E-state index in [9.17, 15) is 4.79 Å². The molecule has 1 N–H and O–H groups in total. The second-order valence-electron chi connectivity index (χ2n) is 4.69. The number of benzene rings is 1. The fraction of sp³-hybridized carbons (Fsp3) is 0.125. The van der Waals surface area contributed by atoms with Crippen molar-refractivity contribution in [3.05, 3.63) is 69.7 Å². The second kappa shape index (κ2) is 6.10. The van der Waals surface area contributed by atoms with Crippen LogP contribution in [0.5, 0.6) is 0 Å². The number of nitrogens with one attached hydrogen (secondary N) is 1. The van der Waals surface area contributed by atoms with Crippen molar-refractivity contribution in [2.24, 2.45) is 0 Å². The molecule has 0 aliphatic carbocycles. The molecule has 0 fully saturated rings. The molecule has 2 aromatic heterocycles. The molecule has 0 spiro atoms. The van der Waals surface area contributed by atoms with E-state index in [0.29, 0.717) is 13.1 Å². The van der Waals surface area contributed by atoms with Crippen LogP contribution in [0.1, 0.15) is 0 Å². The van der Waals surface area contributed by atoms with Crippen molar-refractivity contribution in [2.75, 3.05) is 11.9 Å². The Morgan fingerprint density at radius 3 is 2.95 bits per heavy atom. The van der Waals surface area contributed by atoms with Gasteiger partial charge in [-0.05, 0) is 34.1 Å². The van der Waals surface area contributed by atoms with Crippen LogP contribution < -0.4 is 10.9 Å². The predicted octanol–water partition coefficient (Wildman–Crippen LogP) is 3.27. The lowest BCUT2D eigenvalue weighted by molar-refractivity contribution is 0.698. The zero-order valence-electron chi connectivity index (χ0n) is 11.3. The third-order valence-corrected chi connectivity index (χ3v) is 3.68. The minimum absolute atomic E-state index is 0.0132. The highest BCUT2D eigenvalue weighted by molar-refractivity contribution is 9.10. The van der Waals surface area contributed by atoms with E-state index in [4.69, 9.17) is 0 Å². The van der Waals surface area contributed by atoms with E-state index >= 15 is 0 Å². The molecule has 4 nitrogen and oxygen atoms in total. The predicted molar refractivity (Wildman–Crippen MR) is 88.6 cm³/mol. The Morgan fingerprint density at radius 2 is 2.10 bits per heavy atom. The van der Waals surface area contributed by atoms with Gasteiger partial charge in [-0.25, -0.2) is 0 Å². The highest BCUT2D eigenvalue weighted by Crippen LogP contribution is 2.23. The van der Waals surface area contributed by atoms with E-state index < -0.39 is 0 Å². The van der Waals surface area contributed by atoms with E-state index in [0.717, 1.165) is 21.1 Å². The summed E-state index contributed by atoms with van der Waals surface area (Å²) in [6, 6.07) is 13.2. The van der Waals surface area contributed by atoms with Gasteiger partial charge in [0, 0.05) is 41.4 Å². The Bertz CT molecular complexity index is 829. The van der Waals surface area contributed by atoms with Crippen LogP contribution in [0.4, 0.5) is 5.69 Å². The summed E-state index contributed by atoms with van der Waals surface area (Å²) < 4.78 is 2.64. The van der Waals surface area contributed by atoms with Crippen molar-refractivity contribution in [3.8, 4) is 0 Å². The Hall–Kier alpha value is -2.14. The van der Waals surface area contributed by atoms with E-state index in [1.54, 1.807) is 29.1 Å². The molecule has 0 unspecified atom stereocenters. The number of hydrogen-bond donors (Lipinski definition) is 1. The normalized spacial score (nSPS) is 10.7. The number of anilines is 1. The minimum Gasteiger partial charge on any atom is -0.381 e. The van der Waals surface area contributed by atoms with Crippen molar-refractivity contribution in [2.45, 2.75) is 6.54 Å². The Labute approximate surface area is 130 Å². The number of nitrogens with zero attached hydrogens (tertiary/aromatic N) is 2. The maximum absolute atomic E-state index is 11.6.